The average Bonchev–Trinajstić information content (AvgIpc) is 2.46. The number of nitrogens with two attached hydrogens (primary N) is 1. The van der Waals surface area contributed by atoms with Crippen LogP contribution in [0, 0.1) is 11.6 Å². The van der Waals surface area contributed by atoms with Gasteiger partial charge in [0.25, 0.3) is 0 Å². The van der Waals surface area contributed by atoms with Crippen LogP contribution in [0.15, 0.2) is 42.5 Å². The normalized spacial score (nSPS) is 10.3. The second-order valence-electron chi connectivity index (χ2n) is 4.06. The smallest absolute Gasteiger partial charge is 0.190 e. The van der Waals surface area contributed by atoms with Crippen LogP contribution >= 0.6 is 0 Å². The molecule has 0 aliphatic heterocycles. The van der Waals surface area contributed by atoms with E-state index in [1.807, 2.05) is 18.2 Å². The minimum Gasteiger partial charge on any atom is -0.490 e. The van der Waals surface area contributed by atoms with E-state index in [1.54, 1.807) is 6.07 Å². The van der Waals surface area contributed by atoms with E-state index in [0.717, 1.165) is 17.7 Å². The lowest BCUT2D eigenvalue weighted by Gasteiger charge is -2.11. The van der Waals surface area contributed by atoms with Gasteiger partial charge in [0, 0.05) is 12.1 Å². The minimum absolute atomic E-state index is 0.0385. The van der Waals surface area contributed by atoms with Crippen molar-refractivity contribution in [1.82, 2.24) is 0 Å². The number of hydrogen-bond acceptors (Lipinski definition) is 3. The van der Waals surface area contributed by atoms with Crippen LogP contribution in [-0.4, -0.2) is 13.2 Å². The number of hydrogen-bond donors (Lipinski definition) is 1. The molecule has 2 N–H and O–H groups in total. The Morgan fingerprint density at radius 3 is 2.20 bits per heavy atom. The van der Waals surface area contributed by atoms with Crippen molar-refractivity contribution in [1.29, 1.82) is 0 Å². The van der Waals surface area contributed by atoms with Crippen LogP contribution in [-0.2, 0) is 6.54 Å². The summed E-state index contributed by atoms with van der Waals surface area (Å²) in [6.07, 6.45) is 0. The molecule has 3 nitrogen and oxygen atoms in total. The van der Waals surface area contributed by atoms with Crippen LogP contribution in [0.4, 0.5) is 8.78 Å². The van der Waals surface area contributed by atoms with Crippen molar-refractivity contribution >= 4 is 0 Å². The fourth-order valence-electron chi connectivity index (χ4n) is 1.73. The second-order valence-corrected chi connectivity index (χ2v) is 4.06. The summed E-state index contributed by atoms with van der Waals surface area (Å²) in [4.78, 5) is 0. The minimum atomic E-state index is -0.729. The van der Waals surface area contributed by atoms with Gasteiger partial charge < -0.3 is 15.2 Å². The summed E-state index contributed by atoms with van der Waals surface area (Å²) in [6.45, 7) is 0.570. The molecule has 0 bridgehead atoms. The van der Waals surface area contributed by atoms with Gasteiger partial charge >= 0.3 is 0 Å². The summed E-state index contributed by atoms with van der Waals surface area (Å²) in [6, 6.07) is 10.9. The molecule has 0 radical (unpaired) electrons. The molecule has 0 fully saturated rings. The highest BCUT2D eigenvalue weighted by Crippen LogP contribution is 2.21. The first kappa shape index (κ1) is 14.3. The molecule has 2 aromatic carbocycles. The van der Waals surface area contributed by atoms with Gasteiger partial charge in [-0.3, -0.25) is 0 Å². The highest BCUT2D eigenvalue weighted by atomic mass is 19.1. The van der Waals surface area contributed by atoms with E-state index in [-0.39, 0.29) is 19.0 Å². The van der Waals surface area contributed by atoms with Gasteiger partial charge in [0.2, 0.25) is 0 Å². The van der Waals surface area contributed by atoms with Crippen molar-refractivity contribution in [3.63, 3.8) is 0 Å². The Morgan fingerprint density at radius 1 is 0.850 bits per heavy atom. The number of halogens is 2. The molecule has 0 spiro atoms. The molecule has 0 amide bonds. The zero-order chi connectivity index (χ0) is 14.4. The lowest BCUT2D eigenvalue weighted by Crippen LogP contribution is -2.12. The maximum absolute atomic E-state index is 13.3. The fourth-order valence-corrected chi connectivity index (χ4v) is 1.73. The third kappa shape index (κ3) is 3.45. The number of ether oxygens (including phenoxy) is 2. The Bertz CT molecular complexity index is 555. The van der Waals surface area contributed by atoms with Crippen LogP contribution in [0.2, 0.25) is 0 Å². The van der Waals surface area contributed by atoms with Crippen molar-refractivity contribution in [3.8, 4) is 11.5 Å². The predicted octanol–water partition coefficient (Wildman–Crippen LogP) is 2.88. The molecule has 0 aliphatic carbocycles. The van der Waals surface area contributed by atoms with Crippen molar-refractivity contribution in [2.75, 3.05) is 13.2 Å². The molecule has 106 valence electrons. The predicted molar refractivity (Wildman–Crippen MR) is 71.7 cm³/mol. The zero-order valence-electron chi connectivity index (χ0n) is 10.8. The SMILES string of the molecule is NCc1ccccc1OCCOc1c(F)cccc1F. The maximum Gasteiger partial charge on any atom is 0.190 e. The Kier molecular flexibility index (Phi) is 4.90. The Labute approximate surface area is 115 Å². The summed E-state index contributed by atoms with van der Waals surface area (Å²) in [5.74, 6) is -1.20. The molecule has 0 aliphatic rings. The summed E-state index contributed by atoms with van der Waals surface area (Å²) in [5.41, 5.74) is 6.44. The molecule has 0 unspecified atom stereocenters. The molecule has 20 heavy (non-hydrogen) atoms. The van der Waals surface area contributed by atoms with Gasteiger partial charge in [-0.05, 0) is 18.2 Å². The number of para-hydroxylation sites is 2. The lowest BCUT2D eigenvalue weighted by atomic mass is 10.2. The Hall–Kier alpha value is -2.14. The quantitative estimate of drug-likeness (QED) is 0.827. The van der Waals surface area contributed by atoms with E-state index < -0.39 is 11.6 Å². The first-order valence-electron chi connectivity index (χ1n) is 6.20. The van der Waals surface area contributed by atoms with Gasteiger partial charge in [0.05, 0.1) is 0 Å². The van der Waals surface area contributed by atoms with E-state index in [1.165, 1.54) is 6.07 Å². The molecule has 5 heteroatoms. The van der Waals surface area contributed by atoms with Gasteiger partial charge in [-0.1, -0.05) is 24.3 Å². The first-order chi connectivity index (χ1) is 9.72. The van der Waals surface area contributed by atoms with Crippen LogP contribution in [0.3, 0.4) is 0 Å². The summed E-state index contributed by atoms with van der Waals surface area (Å²) < 4.78 is 37.1. The van der Waals surface area contributed by atoms with Crippen molar-refractivity contribution < 1.29 is 18.3 Å². The van der Waals surface area contributed by atoms with E-state index in [0.29, 0.717) is 12.3 Å². The van der Waals surface area contributed by atoms with Crippen molar-refractivity contribution in [3.05, 3.63) is 59.7 Å². The van der Waals surface area contributed by atoms with Crippen LogP contribution in [0.1, 0.15) is 5.56 Å². The molecule has 0 heterocycles. The Balaban J connectivity index is 1.88. The highest BCUT2D eigenvalue weighted by Gasteiger charge is 2.09. The van der Waals surface area contributed by atoms with E-state index in [4.69, 9.17) is 15.2 Å². The monoisotopic (exact) mass is 279 g/mol. The molecule has 2 aromatic rings. The van der Waals surface area contributed by atoms with Gasteiger partial charge in [-0.15, -0.1) is 0 Å². The van der Waals surface area contributed by atoms with Crippen LogP contribution in [0.5, 0.6) is 11.5 Å². The topological polar surface area (TPSA) is 44.5 Å². The van der Waals surface area contributed by atoms with E-state index in [2.05, 4.69) is 0 Å². The third-order valence-electron chi connectivity index (χ3n) is 2.70. The molecular formula is C15H15F2NO2. The summed E-state index contributed by atoms with van der Waals surface area (Å²) >= 11 is 0. The molecule has 0 atom stereocenters. The lowest BCUT2D eigenvalue weighted by molar-refractivity contribution is 0.204. The standard InChI is InChI=1S/C15H15F2NO2/c16-12-5-3-6-13(17)15(12)20-9-8-19-14-7-2-1-4-11(14)10-18/h1-7H,8-10,18H2. The van der Waals surface area contributed by atoms with Crippen LogP contribution in [0.25, 0.3) is 0 Å². The number of benzene rings is 2. The zero-order valence-corrected chi connectivity index (χ0v) is 10.8. The molecule has 0 aromatic heterocycles. The highest BCUT2D eigenvalue weighted by molar-refractivity contribution is 5.33. The average molecular weight is 279 g/mol. The van der Waals surface area contributed by atoms with Gasteiger partial charge in [-0.2, -0.15) is 0 Å². The van der Waals surface area contributed by atoms with Crippen molar-refractivity contribution in [2.24, 2.45) is 5.73 Å². The van der Waals surface area contributed by atoms with Gasteiger partial charge in [0.1, 0.15) is 19.0 Å². The molecule has 0 saturated heterocycles. The van der Waals surface area contributed by atoms with Gasteiger partial charge in [-0.25, -0.2) is 8.78 Å². The second kappa shape index (κ2) is 6.86. The van der Waals surface area contributed by atoms with Gasteiger partial charge in [0.15, 0.2) is 17.4 Å². The number of rotatable bonds is 6. The van der Waals surface area contributed by atoms with Crippen LogP contribution < -0.4 is 15.2 Å². The molecule has 0 saturated carbocycles. The molecular weight excluding hydrogens is 264 g/mol. The fraction of sp³-hybridized carbons (Fsp3) is 0.200. The third-order valence-corrected chi connectivity index (χ3v) is 2.70. The Morgan fingerprint density at radius 2 is 1.50 bits per heavy atom. The maximum atomic E-state index is 13.3. The molecule has 2 rings (SSSR count). The largest absolute Gasteiger partial charge is 0.490 e. The summed E-state index contributed by atoms with van der Waals surface area (Å²) in [5, 5.41) is 0. The van der Waals surface area contributed by atoms with E-state index >= 15 is 0 Å². The summed E-state index contributed by atoms with van der Waals surface area (Å²) in [7, 11) is 0. The first-order valence-corrected chi connectivity index (χ1v) is 6.20. The van der Waals surface area contributed by atoms with E-state index in [9.17, 15) is 8.78 Å². The van der Waals surface area contributed by atoms with Crippen molar-refractivity contribution in [2.45, 2.75) is 6.54 Å².